The summed E-state index contributed by atoms with van der Waals surface area (Å²) in [5.41, 5.74) is 4.30. The third-order valence-corrected chi connectivity index (χ3v) is 2.53. The van der Waals surface area contributed by atoms with E-state index in [9.17, 15) is 17.6 Å². The maximum atomic E-state index is 12.8. The van der Waals surface area contributed by atoms with Gasteiger partial charge < -0.3 is 5.73 Å². The second-order valence-corrected chi connectivity index (χ2v) is 3.60. The first-order valence-electron chi connectivity index (χ1n) is 3.70. The molecule has 0 bridgehead atoms. The van der Waals surface area contributed by atoms with Crippen molar-refractivity contribution in [2.24, 2.45) is 5.73 Å². The zero-order valence-electron chi connectivity index (χ0n) is 7.08. The molecule has 0 aromatic heterocycles. The van der Waals surface area contributed by atoms with E-state index in [4.69, 9.17) is 28.9 Å². The van der Waals surface area contributed by atoms with Crippen molar-refractivity contribution in [1.29, 1.82) is 0 Å². The van der Waals surface area contributed by atoms with Gasteiger partial charge in [0, 0.05) is 5.56 Å². The average molecular weight is 262 g/mol. The van der Waals surface area contributed by atoms with Crippen LogP contribution in [-0.2, 0) is 0 Å². The second-order valence-electron chi connectivity index (χ2n) is 2.81. The molecule has 0 fully saturated rings. The van der Waals surface area contributed by atoms with Crippen molar-refractivity contribution in [3.8, 4) is 0 Å². The molecule has 1 aromatic carbocycles. The molecular formula is C8H5Cl2F4N. The van der Waals surface area contributed by atoms with Gasteiger partial charge in [0.25, 0.3) is 0 Å². The van der Waals surface area contributed by atoms with Gasteiger partial charge in [-0.05, 0) is 12.1 Å². The smallest absolute Gasteiger partial charge is 0.316 e. The first kappa shape index (κ1) is 12.5. The molecule has 0 aliphatic rings. The van der Waals surface area contributed by atoms with E-state index in [2.05, 4.69) is 0 Å². The van der Waals surface area contributed by atoms with Crippen LogP contribution in [0, 0.1) is 5.82 Å². The Morgan fingerprint density at radius 1 is 1.20 bits per heavy atom. The van der Waals surface area contributed by atoms with Gasteiger partial charge in [0.15, 0.2) is 0 Å². The van der Waals surface area contributed by atoms with Crippen LogP contribution in [0.2, 0.25) is 10.0 Å². The highest BCUT2D eigenvalue weighted by molar-refractivity contribution is 6.42. The molecule has 1 nitrogen and oxygen atoms in total. The lowest BCUT2D eigenvalue weighted by molar-refractivity contribution is -0.149. The molecule has 2 N–H and O–H groups in total. The van der Waals surface area contributed by atoms with Crippen molar-refractivity contribution >= 4 is 23.2 Å². The minimum atomic E-state index is -4.69. The third kappa shape index (κ3) is 2.74. The molecule has 0 aliphatic heterocycles. The monoisotopic (exact) mass is 261 g/mol. The van der Waals surface area contributed by atoms with Crippen molar-refractivity contribution in [2.45, 2.75) is 12.2 Å². The maximum absolute atomic E-state index is 12.8. The summed E-state index contributed by atoms with van der Waals surface area (Å²) in [5, 5.41) is -0.686. The molecule has 0 radical (unpaired) electrons. The van der Waals surface area contributed by atoms with Crippen molar-refractivity contribution < 1.29 is 17.6 Å². The van der Waals surface area contributed by atoms with Crippen molar-refractivity contribution in [3.05, 3.63) is 33.6 Å². The number of nitrogens with two attached hydrogens (primary N) is 1. The largest absolute Gasteiger partial charge is 0.407 e. The van der Waals surface area contributed by atoms with Crippen LogP contribution < -0.4 is 5.73 Å². The van der Waals surface area contributed by atoms with Gasteiger partial charge in [-0.3, -0.25) is 0 Å². The number of alkyl halides is 3. The SMILES string of the molecule is N[C@@H](c1cc(F)cc(Cl)c1Cl)C(F)(F)F. The number of rotatable bonds is 1. The van der Waals surface area contributed by atoms with E-state index >= 15 is 0 Å². The standard InChI is InChI=1S/C8H5Cl2F4N/c9-5-2-3(11)1-4(6(5)10)7(15)8(12,13)14/h1-2,7H,15H2/t7-/m0/s1. The van der Waals surface area contributed by atoms with Crippen LogP contribution in [0.1, 0.15) is 11.6 Å². The molecule has 0 saturated carbocycles. The van der Waals surface area contributed by atoms with Crippen LogP contribution in [0.25, 0.3) is 0 Å². The highest BCUT2D eigenvalue weighted by Gasteiger charge is 2.39. The minimum absolute atomic E-state index is 0.300. The normalized spacial score (nSPS) is 14.1. The molecule has 1 aromatic rings. The summed E-state index contributed by atoms with van der Waals surface area (Å²) >= 11 is 10.9. The van der Waals surface area contributed by atoms with Gasteiger partial charge in [-0.25, -0.2) is 4.39 Å². The Morgan fingerprint density at radius 2 is 1.73 bits per heavy atom. The van der Waals surface area contributed by atoms with Crippen molar-refractivity contribution in [3.63, 3.8) is 0 Å². The molecule has 0 saturated heterocycles. The zero-order valence-corrected chi connectivity index (χ0v) is 8.59. The summed E-state index contributed by atoms with van der Waals surface area (Å²) < 4.78 is 49.5. The number of benzene rings is 1. The molecule has 0 spiro atoms. The Hall–Kier alpha value is -0.520. The van der Waals surface area contributed by atoms with Crippen LogP contribution in [0.3, 0.4) is 0 Å². The van der Waals surface area contributed by atoms with Crippen LogP contribution in [0.4, 0.5) is 17.6 Å². The molecule has 1 rings (SSSR count). The molecule has 7 heteroatoms. The lowest BCUT2D eigenvalue weighted by Gasteiger charge is -2.17. The fraction of sp³-hybridized carbons (Fsp3) is 0.250. The first-order valence-corrected chi connectivity index (χ1v) is 4.46. The fourth-order valence-corrected chi connectivity index (χ4v) is 1.42. The summed E-state index contributed by atoms with van der Waals surface area (Å²) in [5.74, 6) is -0.918. The van der Waals surface area contributed by atoms with Crippen LogP contribution in [0.5, 0.6) is 0 Å². The molecule has 0 amide bonds. The van der Waals surface area contributed by atoms with E-state index in [-0.39, 0.29) is 10.0 Å². The molecule has 1 atom stereocenters. The van der Waals surface area contributed by atoms with Gasteiger partial charge >= 0.3 is 6.18 Å². The average Bonchev–Trinajstić information content (AvgIpc) is 2.08. The number of hydrogen-bond acceptors (Lipinski definition) is 1. The third-order valence-electron chi connectivity index (χ3n) is 1.71. The fourth-order valence-electron chi connectivity index (χ4n) is 0.979. The summed E-state index contributed by atoms with van der Waals surface area (Å²) in [6, 6.07) is -0.916. The Morgan fingerprint density at radius 3 is 2.20 bits per heavy atom. The summed E-state index contributed by atoms with van der Waals surface area (Å²) in [7, 11) is 0. The maximum Gasteiger partial charge on any atom is 0.407 e. The van der Waals surface area contributed by atoms with Crippen molar-refractivity contribution in [1.82, 2.24) is 0 Å². The predicted octanol–water partition coefficient (Wildman–Crippen LogP) is 3.69. The summed E-state index contributed by atoms with van der Waals surface area (Å²) in [6.07, 6.45) is -4.69. The van der Waals surface area contributed by atoms with E-state index in [0.717, 1.165) is 6.07 Å². The van der Waals surface area contributed by atoms with Crippen LogP contribution in [0.15, 0.2) is 12.1 Å². The van der Waals surface area contributed by atoms with Gasteiger partial charge in [0.05, 0.1) is 10.0 Å². The van der Waals surface area contributed by atoms with Gasteiger partial charge in [-0.15, -0.1) is 0 Å². The summed E-state index contributed by atoms with van der Waals surface area (Å²) in [4.78, 5) is 0. The molecule has 0 unspecified atom stereocenters. The molecular weight excluding hydrogens is 257 g/mol. The number of halogens is 6. The van der Waals surface area contributed by atoms with E-state index in [1.54, 1.807) is 0 Å². The van der Waals surface area contributed by atoms with E-state index < -0.39 is 23.6 Å². The Kier molecular flexibility index (Phi) is 3.48. The topological polar surface area (TPSA) is 26.0 Å². The molecule has 84 valence electrons. The van der Waals surface area contributed by atoms with Gasteiger partial charge in [-0.2, -0.15) is 13.2 Å². The molecule has 0 heterocycles. The van der Waals surface area contributed by atoms with E-state index in [1.165, 1.54) is 0 Å². The lowest BCUT2D eigenvalue weighted by atomic mass is 10.1. The Labute approximate surface area is 92.8 Å². The van der Waals surface area contributed by atoms with E-state index in [1.807, 2.05) is 0 Å². The molecule has 0 aliphatic carbocycles. The minimum Gasteiger partial charge on any atom is -0.316 e. The second kappa shape index (κ2) is 4.15. The summed E-state index contributed by atoms with van der Waals surface area (Å²) in [6.45, 7) is 0. The van der Waals surface area contributed by atoms with Crippen molar-refractivity contribution in [2.75, 3.05) is 0 Å². The predicted molar refractivity (Wildman–Crippen MR) is 49.4 cm³/mol. The van der Waals surface area contributed by atoms with Gasteiger partial charge in [0.2, 0.25) is 0 Å². The molecule has 15 heavy (non-hydrogen) atoms. The van der Waals surface area contributed by atoms with Crippen LogP contribution >= 0.6 is 23.2 Å². The van der Waals surface area contributed by atoms with Gasteiger partial charge in [-0.1, -0.05) is 23.2 Å². The quantitative estimate of drug-likeness (QED) is 0.606. The zero-order chi connectivity index (χ0) is 11.8. The van der Waals surface area contributed by atoms with Crippen LogP contribution in [-0.4, -0.2) is 6.18 Å². The van der Waals surface area contributed by atoms with Gasteiger partial charge in [0.1, 0.15) is 11.9 Å². The first-order chi connectivity index (χ1) is 6.73. The van der Waals surface area contributed by atoms with E-state index in [0.29, 0.717) is 6.07 Å². The number of hydrogen-bond donors (Lipinski definition) is 1. The Bertz CT molecular complexity index is 378. The highest BCUT2D eigenvalue weighted by Crippen LogP contribution is 2.37. The highest BCUT2D eigenvalue weighted by atomic mass is 35.5. The lowest BCUT2D eigenvalue weighted by Crippen LogP contribution is -2.28. The Balaban J connectivity index is 3.25.